The molecule has 3 aliphatic rings. The predicted molar refractivity (Wildman–Crippen MR) is 102 cm³/mol. The molecule has 3 saturated heterocycles. The van der Waals surface area contributed by atoms with E-state index in [-0.39, 0.29) is 0 Å². The van der Waals surface area contributed by atoms with Crippen LogP contribution in [0.15, 0.2) is 0 Å². The number of carboxylic acid groups (broad SMARTS) is 1. The van der Waals surface area contributed by atoms with E-state index in [1.54, 1.807) is 0 Å². The molecule has 0 bridgehead atoms. The maximum Gasteiger partial charge on any atom is 0.335 e. The molecule has 17 heteroatoms. The summed E-state index contributed by atoms with van der Waals surface area (Å²) in [6.07, 6.45) is -27.9. The number of aliphatic hydroxyl groups excluding tert-OH is 10. The smallest absolute Gasteiger partial charge is 0.335 e. The molecular formula is C18H30O17. The van der Waals surface area contributed by atoms with Gasteiger partial charge in [-0.3, -0.25) is 0 Å². The third kappa shape index (κ3) is 5.59. The van der Waals surface area contributed by atoms with Gasteiger partial charge in [-0.1, -0.05) is 0 Å². The van der Waals surface area contributed by atoms with Crippen LogP contribution in [0.4, 0.5) is 0 Å². The zero-order valence-electron chi connectivity index (χ0n) is 17.9. The average molecular weight is 518 g/mol. The van der Waals surface area contributed by atoms with Crippen LogP contribution in [0.5, 0.6) is 0 Å². The van der Waals surface area contributed by atoms with Gasteiger partial charge in [0.15, 0.2) is 25.0 Å². The molecule has 3 aliphatic heterocycles. The minimum atomic E-state index is -2.05. The van der Waals surface area contributed by atoms with Gasteiger partial charge in [0.05, 0.1) is 13.2 Å². The van der Waals surface area contributed by atoms with E-state index in [0.717, 1.165) is 0 Å². The number of carboxylic acids is 1. The first-order valence-electron chi connectivity index (χ1n) is 10.6. The van der Waals surface area contributed by atoms with Crippen molar-refractivity contribution >= 4 is 5.97 Å². The molecule has 0 aromatic rings. The molecule has 0 aliphatic carbocycles. The summed E-state index contributed by atoms with van der Waals surface area (Å²) in [5.74, 6) is -1.71. The van der Waals surface area contributed by atoms with Gasteiger partial charge >= 0.3 is 5.97 Å². The van der Waals surface area contributed by atoms with Crippen LogP contribution in [-0.4, -0.2) is 167 Å². The van der Waals surface area contributed by atoms with Crippen molar-refractivity contribution in [1.82, 2.24) is 0 Å². The van der Waals surface area contributed by atoms with Crippen molar-refractivity contribution in [3.63, 3.8) is 0 Å². The lowest BCUT2D eigenvalue weighted by Gasteiger charge is -2.47. The Morgan fingerprint density at radius 2 is 1.09 bits per heavy atom. The Kier molecular flexibility index (Phi) is 9.35. The maximum absolute atomic E-state index is 11.3. The second kappa shape index (κ2) is 11.5. The predicted octanol–water partition coefficient (Wildman–Crippen LogP) is -7.48. The van der Waals surface area contributed by atoms with Crippen molar-refractivity contribution in [1.29, 1.82) is 0 Å². The van der Waals surface area contributed by atoms with Crippen LogP contribution in [0.1, 0.15) is 0 Å². The van der Waals surface area contributed by atoms with Crippen LogP contribution in [0.2, 0.25) is 0 Å². The highest BCUT2D eigenvalue weighted by Crippen LogP contribution is 2.32. The van der Waals surface area contributed by atoms with Crippen LogP contribution < -0.4 is 0 Å². The molecule has 0 amide bonds. The molecule has 0 aromatic heterocycles. The molecular weight excluding hydrogens is 488 g/mol. The van der Waals surface area contributed by atoms with E-state index in [2.05, 4.69) is 0 Å². The van der Waals surface area contributed by atoms with Crippen LogP contribution in [0, 0.1) is 0 Å². The zero-order valence-corrected chi connectivity index (χ0v) is 17.9. The van der Waals surface area contributed by atoms with Crippen LogP contribution in [0.3, 0.4) is 0 Å². The van der Waals surface area contributed by atoms with E-state index in [1.807, 2.05) is 0 Å². The number of carbonyl (C=O) groups is 1. The molecule has 35 heavy (non-hydrogen) atoms. The molecule has 3 fully saturated rings. The summed E-state index contributed by atoms with van der Waals surface area (Å²) in [5.41, 5.74) is 0. The largest absolute Gasteiger partial charge is 0.479 e. The Morgan fingerprint density at radius 3 is 1.60 bits per heavy atom. The van der Waals surface area contributed by atoms with Gasteiger partial charge in [-0.2, -0.15) is 0 Å². The van der Waals surface area contributed by atoms with Crippen molar-refractivity contribution in [2.75, 3.05) is 13.2 Å². The molecule has 204 valence electrons. The van der Waals surface area contributed by atoms with E-state index in [4.69, 9.17) is 28.8 Å². The molecule has 0 radical (unpaired) electrons. The topological polar surface area (TPSA) is 286 Å². The Morgan fingerprint density at radius 1 is 0.600 bits per heavy atom. The number of ether oxygens (including phenoxy) is 5. The second-order valence-electron chi connectivity index (χ2n) is 8.37. The highest BCUT2D eigenvalue weighted by Gasteiger charge is 2.54. The Hall–Kier alpha value is -1.13. The summed E-state index contributed by atoms with van der Waals surface area (Å²) in [4.78, 5) is 11.3. The Labute approximate surface area is 196 Å². The summed E-state index contributed by atoms with van der Waals surface area (Å²) < 4.78 is 25.8. The zero-order chi connectivity index (χ0) is 26.2. The van der Waals surface area contributed by atoms with Crippen molar-refractivity contribution < 1.29 is 84.7 Å². The first-order chi connectivity index (χ1) is 16.4. The number of hydrogen-bond donors (Lipinski definition) is 11. The second-order valence-corrected chi connectivity index (χ2v) is 8.37. The number of rotatable bonds is 7. The lowest BCUT2D eigenvalue weighted by molar-refractivity contribution is -0.377. The summed E-state index contributed by atoms with van der Waals surface area (Å²) >= 11 is 0. The van der Waals surface area contributed by atoms with E-state index in [9.17, 15) is 55.9 Å². The van der Waals surface area contributed by atoms with Gasteiger partial charge in [0.25, 0.3) is 0 Å². The summed E-state index contributed by atoms with van der Waals surface area (Å²) in [5, 5.41) is 109. The first-order valence-corrected chi connectivity index (χ1v) is 10.6. The van der Waals surface area contributed by atoms with Crippen LogP contribution in [0.25, 0.3) is 0 Å². The van der Waals surface area contributed by atoms with Crippen molar-refractivity contribution in [3.05, 3.63) is 0 Å². The molecule has 11 N–H and O–H groups in total. The molecule has 17 nitrogen and oxygen atoms in total. The molecule has 15 atom stereocenters. The quantitative estimate of drug-likeness (QED) is 0.149. The van der Waals surface area contributed by atoms with Gasteiger partial charge in [0, 0.05) is 0 Å². The van der Waals surface area contributed by atoms with E-state index >= 15 is 0 Å². The van der Waals surface area contributed by atoms with Gasteiger partial charge in [0.1, 0.15) is 67.1 Å². The Balaban J connectivity index is 1.80. The average Bonchev–Trinajstić information content (AvgIpc) is 2.82. The molecule has 3 rings (SSSR count). The van der Waals surface area contributed by atoms with Crippen molar-refractivity contribution in [2.45, 2.75) is 92.1 Å². The van der Waals surface area contributed by atoms with Gasteiger partial charge in [0.2, 0.25) is 0 Å². The van der Waals surface area contributed by atoms with E-state index < -0.39 is 111 Å². The van der Waals surface area contributed by atoms with E-state index in [0.29, 0.717) is 0 Å². The number of aliphatic carboxylic acids is 1. The number of hydrogen-bond acceptors (Lipinski definition) is 16. The fourth-order valence-electron chi connectivity index (χ4n) is 4.03. The van der Waals surface area contributed by atoms with Gasteiger partial charge in [-0.15, -0.1) is 0 Å². The fraction of sp³-hybridized carbons (Fsp3) is 0.944. The van der Waals surface area contributed by atoms with Crippen LogP contribution in [-0.2, 0) is 28.5 Å². The molecule has 0 saturated carbocycles. The van der Waals surface area contributed by atoms with Crippen molar-refractivity contribution in [3.8, 4) is 0 Å². The summed E-state index contributed by atoms with van der Waals surface area (Å²) in [6.45, 7) is -1.65. The number of aliphatic hydroxyl groups is 10. The Bertz CT molecular complexity index is 711. The molecule has 1 unspecified atom stereocenters. The highest BCUT2D eigenvalue weighted by molar-refractivity contribution is 5.73. The van der Waals surface area contributed by atoms with Crippen molar-refractivity contribution in [2.24, 2.45) is 0 Å². The van der Waals surface area contributed by atoms with E-state index in [1.165, 1.54) is 0 Å². The summed E-state index contributed by atoms with van der Waals surface area (Å²) in [6, 6.07) is 0. The summed E-state index contributed by atoms with van der Waals surface area (Å²) in [7, 11) is 0. The minimum absolute atomic E-state index is 0.779. The monoisotopic (exact) mass is 518 g/mol. The lowest BCUT2D eigenvalue weighted by atomic mass is 9.96. The fourth-order valence-corrected chi connectivity index (χ4v) is 4.03. The van der Waals surface area contributed by atoms with Gasteiger partial charge in [-0.25, -0.2) is 4.79 Å². The normalized spacial score (nSPS) is 51.2. The molecule has 0 aromatic carbocycles. The SMILES string of the molecule is O=C(O)[C@H]1O[C@H](O[C@@H]2[C@H](O)[C@@H](O[C@H]3[C@H](O)[C@@H](CO)OC(O)[C@@H]3O)O[C@H](CO)[C@H]2O)[C@H](O)[C@@H](O)[C@@H]1O. The minimum Gasteiger partial charge on any atom is -0.479 e. The standard InChI is InChI=1S/C18H30O17/c19-1-3-5(21)12(10(26)16(30)31-3)33-18-11(27)13(6(22)4(2-20)32-18)34-17-9(25)7(23)8(24)14(35-17)15(28)29/h3-14,16-27,30H,1-2H2,(H,28,29)/t3-,4-,5-,6-,7+,8+,9-,10-,11+,12+,13+,14+,16?,17+,18-/m1/s1. The third-order valence-corrected chi connectivity index (χ3v) is 6.06. The third-order valence-electron chi connectivity index (χ3n) is 6.06. The maximum atomic E-state index is 11.3. The van der Waals surface area contributed by atoms with Gasteiger partial charge in [-0.05, 0) is 0 Å². The molecule has 3 heterocycles. The first kappa shape index (κ1) is 28.4. The highest BCUT2D eigenvalue weighted by atomic mass is 16.7. The van der Waals surface area contributed by atoms with Gasteiger partial charge < -0.3 is 79.9 Å². The van der Waals surface area contributed by atoms with Crippen LogP contribution >= 0.6 is 0 Å². The lowest BCUT2D eigenvalue weighted by Crippen LogP contribution is -2.67. The molecule has 0 spiro atoms.